The Kier molecular flexibility index (Phi) is 10.3. The van der Waals surface area contributed by atoms with Crippen molar-refractivity contribution in [3.63, 3.8) is 0 Å². The van der Waals surface area contributed by atoms with E-state index in [0.29, 0.717) is 0 Å². The van der Waals surface area contributed by atoms with Gasteiger partial charge in [-0.2, -0.15) is 0 Å². The van der Waals surface area contributed by atoms with Crippen LogP contribution < -0.4 is 29.6 Å². The van der Waals surface area contributed by atoms with Crippen LogP contribution in [0.25, 0.3) is 0 Å². The zero-order valence-corrected chi connectivity index (χ0v) is 12.6. The maximum absolute atomic E-state index is 10.8. The second-order valence-corrected chi connectivity index (χ2v) is 3.97. The third kappa shape index (κ3) is 5.32. The summed E-state index contributed by atoms with van der Waals surface area (Å²) in [6.45, 7) is 5.71. The van der Waals surface area contributed by atoms with Crippen LogP contribution in [0.4, 0.5) is 0 Å². The molecular weight excluding hydrogens is 219 g/mol. The van der Waals surface area contributed by atoms with E-state index in [1.165, 1.54) is 0 Å². The van der Waals surface area contributed by atoms with Crippen LogP contribution in [0, 0.1) is 17.8 Å². The van der Waals surface area contributed by atoms with E-state index >= 15 is 0 Å². The molecule has 0 saturated heterocycles. The molecule has 0 aromatic rings. The van der Waals surface area contributed by atoms with E-state index < -0.39 is 17.9 Å². The predicted molar refractivity (Wildman–Crippen MR) is 57.7 cm³/mol. The number of carboxylic acid groups (broad SMARTS) is 2. The van der Waals surface area contributed by atoms with E-state index in [1.807, 2.05) is 13.8 Å². The summed E-state index contributed by atoms with van der Waals surface area (Å²) in [5, 5.41) is 17.7. The van der Waals surface area contributed by atoms with Crippen LogP contribution in [0.3, 0.4) is 0 Å². The maximum atomic E-state index is 10.8. The van der Waals surface area contributed by atoms with Gasteiger partial charge in [0.2, 0.25) is 0 Å². The largest absolute Gasteiger partial charge is 1.00 e. The SMILES string of the molecule is CCCC(CC)C(C)C(C(=O)O)C(=O)O.[H-].[Na+]. The molecule has 16 heavy (non-hydrogen) atoms. The molecule has 0 radical (unpaired) electrons. The number of hydrogen-bond acceptors (Lipinski definition) is 2. The Bertz CT molecular complexity index is 222. The van der Waals surface area contributed by atoms with Crippen LogP contribution in [0.5, 0.6) is 0 Å². The molecule has 2 unspecified atom stereocenters. The topological polar surface area (TPSA) is 74.6 Å². The minimum Gasteiger partial charge on any atom is -1.00 e. The molecule has 0 spiro atoms. The Morgan fingerprint density at radius 2 is 1.62 bits per heavy atom. The normalized spacial score (nSPS) is 14.0. The summed E-state index contributed by atoms with van der Waals surface area (Å²) in [5.74, 6) is -3.88. The third-order valence-corrected chi connectivity index (χ3v) is 2.99. The molecule has 2 N–H and O–H groups in total. The van der Waals surface area contributed by atoms with Gasteiger partial charge in [-0.3, -0.25) is 9.59 Å². The van der Waals surface area contributed by atoms with Gasteiger partial charge in [0, 0.05) is 0 Å². The van der Waals surface area contributed by atoms with Crippen molar-refractivity contribution >= 4 is 11.9 Å². The molecular formula is C11H21NaO4. The minimum absolute atomic E-state index is 0. The molecule has 0 fully saturated rings. The monoisotopic (exact) mass is 240 g/mol. The molecule has 0 heterocycles. The minimum atomic E-state index is -1.28. The Labute approximate surface area is 120 Å². The molecule has 2 atom stereocenters. The first-order valence-corrected chi connectivity index (χ1v) is 5.41. The second kappa shape index (κ2) is 9.02. The maximum Gasteiger partial charge on any atom is 1.00 e. The quantitative estimate of drug-likeness (QED) is 0.458. The first kappa shape index (κ1) is 18.3. The van der Waals surface area contributed by atoms with E-state index in [2.05, 4.69) is 0 Å². The number of aliphatic carboxylic acids is 2. The smallest absolute Gasteiger partial charge is 1.00 e. The van der Waals surface area contributed by atoms with Crippen molar-refractivity contribution in [2.24, 2.45) is 17.8 Å². The van der Waals surface area contributed by atoms with Crippen LogP contribution in [0.1, 0.15) is 41.5 Å². The van der Waals surface area contributed by atoms with Gasteiger partial charge in [0.25, 0.3) is 0 Å². The zero-order valence-electron chi connectivity index (χ0n) is 11.6. The molecule has 0 aliphatic carbocycles. The van der Waals surface area contributed by atoms with E-state index in [9.17, 15) is 9.59 Å². The predicted octanol–water partition coefficient (Wildman–Crippen LogP) is -0.649. The van der Waals surface area contributed by atoms with Gasteiger partial charge in [0.1, 0.15) is 0 Å². The Balaban J connectivity index is -0.000000980. The molecule has 90 valence electrons. The summed E-state index contributed by atoms with van der Waals surface area (Å²) in [6.07, 6.45) is 2.66. The average Bonchev–Trinajstić information content (AvgIpc) is 2.12. The fourth-order valence-corrected chi connectivity index (χ4v) is 2.04. The van der Waals surface area contributed by atoms with Gasteiger partial charge in [0.05, 0.1) is 0 Å². The van der Waals surface area contributed by atoms with Gasteiger partial charge >= 0.3 is 41.5 Å². The molecule has 0 aromatic heterocycles. The van der Waals surface area contributed by atoms with Crippen LogP contribution in [-0.2, 0) is 9.59 Å². The Morgan fingerprint density at radius 3 is 1.88 bits per heavy atom. The van der Waals surface area contributed by atoms with E-state index in [1.54, 1.807) is 6.92 Å². The van der Waals surface area contributed by atoms with Gasteiger partial charge in [0.15, 0.2) is 5.92 Å². The van der Waals surface area contributed by atoms with E-state index in [-0.39, 0.29) is 42.8 Å². The van der Waals surface area contributed by atoms with Crippen molar-refractivity contribution in [1.29, 1.82) is 0 Å². The summed E-state index contributed by atoms with van der Waals surface area (Å²) in [5.41, 5.74) is 0. The summed E-state index contributed by atoms with van der Waals surface area (Å²) in [7, 11) is 0. The van der Waals surface area contributed by atoms with Crippen molar-refractivity contribution in [3.8, 4) is 0 Å². The van der Waals surface area contributed by atoms with Crippen molar-refractivity contribution in [2.45, 2.75) is 40.0 Å². The van der Waals surface area contributed by atoms with Gasteiger partial charge in [-0.25, -0.2) is 0 Å². The standard InChI is InChI=1S/C11H20O4.Na.H/c1-4-6-8(5-2)7(3)9(10(12)13)11(14)15;;/h7-9H,4-6H2,1-3H3,(H,12,13)(H,14,15);;/q;+1;-1. The zero-order chi connectivity index (χ0) is 12.0. The summed E-state index contributed by atoms with van der Waals surface area (Å²) >= 11 is 0. The van der Waals surface area contributed by atoms with Crippen LogP contribution in [-0.4, -0.2) is 22.2 Å². The molecule has 0 aliphatic rings. The van der Waals surface area contributed by atoms with Gasteiger partial charge in [-0.05, 0) is 11.8 Å². The molecule has 0 bridgehead atoms. The number of carbonyl (C=O) groups is 2. The first-order chi connectivity index (χ1) is 6.95. The average molecular weight is 240 g/mol. The molecule has 0 saturated carbocycles. The van der Waals surface area contributed by atoms with Gasteiger partial charge in [-0.1, -0.05) is 40.0 Å². The van der Waals surface area contributed by atoms with Crippen LogP contribution >= 0.6 is 0 Å². The van der Waals surface area contributed by atoms with Crippen LogP contribution in [0.15, 0.2) is 0 Å². The molecule has 0 aromatic carbocycles. The molecule has 5 heteroatoms. The first-order valence-electron chi connectivity index (χ1n) is 5.41. The fraction of sp³-hybridized carbons (Fsp3) is 0.818. The van der Waals surface area contributed by atoms with Crippen LogP contribution in [0.2, 0.25) is 0 Å². The van der Waals surface area contributed by atoms with Crippen molar-refractivity contribution in [3.05, 3.63) is 0 Å². The van der Waals surface area contributed by atoms with Crippen molar-refractivity contribution in [2.75, 3.05) is 0 Å². The molecule has 0 amide bonds. The van der Waals surface area contributed by atoms with Crippen molar-refractivity contribution < 1.29 is 50.8 Å². The molecule has 0 rings (SSSR count). The summed E-state index contributed by atoms with van der Waals surface area (Å²) < 4.78 is 0. The second-order valence-electron chi connectivity index (χ2n) is 3.97. The van der Waals surface area contributed by atoms with Gasteiger partial charge < -0.3 is 11.6 Å². The van der Waals surface area contributed by atoms with Gasteiger partial charge in [-0.15, -0.1) is 0 Å². The summed E-state index contributed by atoms with van der Waals surface area (Å²) in [4.78, 5) is 21.7. The number of rotatable bonds is 7. The molecule has 4 nitrogen and oxygen atoms in total. The van der Waals surface area contributed by atoms with E-state index in [4.69, 9.17) is 10.2 Å². The van der Waals surface area contributed by atoms with Crippen molar-refractivity contribution in [1.82, 2.24) is 0 Å². The van der Waals surface area contributed by atoms with E-state index in [0.717, 1.165) is 19.3 Å². The third-order valence-electron chi connectivity index (χ3n) is 2.99. The number of carboxylic acids is 2. The number of hydrogen-bond donors (Lipinski definition) is 2. The fourth-order valence-electron chi connectivity index (χ4n) is 2.04. The Hall–Kier alpha value is -0.0600. The molecule has 0 aliphatic heterocycles. The summed E-state index contributed by atoms with van der Waals surface area (Å²) in [6, 6.07) is 0. The Morgan fingerprint density at radius 1 is 1.19 bits per heavy atom.